The van der Waals surface area contributed by atoms with Crippen molar-refractivity contribution in [1.82, 2.24) is 19.1 Å². The van der Waals surface area contributed by atoms with Gasteiger partial charge in [0.1, 0.15) is 11.6 Å². The maximum absolute atomic E-state index is 13.2. The molecule has 2 aliphatic carbocycles. The minimum absolute atomic E-state index is 0.0769. The number of benzene rings is 3. The summed E-state index contributed by atoms with van der Waals surface area (Å²) in [7, 11) is -0.556. The summed E-state index contributed by atoms with van der Waals surface area (Å²) in [6.07, 6.45) is 13.3. The van der Waals surface area contributed by atoms with Gasteiger partial charge in [-0.1, -0.05) is 86.1 Å². The number of sulfonamides is 1. The Bertz CT molecular complexity index is 2270. The Morgan fingerprint density at radius 1 is 0.750 bits per heavy atom. The van der Waals surface area contributed by atoms with E-state index >= 15 is 0 Å². The van der Waals surface area contributed by atoms with E-state index in [4.69, 9.17) is 9.97 Å². The van der Waals surface area contributed by atoms with Gasteiger partial charge in [-0.25, -0.2) is 18.4 Å². The fraction of sp³-hybridized carbons (Fsp3) is 0.545. The number of non-ortho nitro benzene ring substituents is 1. The van der Waals surface area contributed by atoms with Crippen LogP contribution >= 0.6 is 0 Å². The molecule has 0 aliphatic heterocycles. The normalized spacial score (nSPS) is 16.1. The van der Waals surface area contributed by atoms with Crippen LogP contribution in [0, 0.1) is 22.0 Å². The van der Waals surface area contributed by atoms with Crippen molar-refractivity contribution in [2.45, 2.75) is 135 Å². The lowest BCUT2D eigenvalue weighted by Crippen LogP contribution is -2.26. The first-order valence-corrected chi connectivity index (χ1v) is 21.8. The van der Waals surface area contributed by atoms with E-state index in [9.17, 15) is 18.5 Å². The van der Waals surface area contributed by atoms with E-state index < -0.39 is 14.9 Å². The van der Waals surface area contributed by atoms with Crippen LogP contribution < -0.4 is 9.62 Å². The monoisotopic (exact) mass is 783 g/mol. The Hall–Kier alpha value is -4.45. The van der Waals surface area contributed by atoms with Crippen molar-refractivity contribution in [1.29, 1.82) is 0 Å². The van der Waals surface area contributed by atoms with Gasteiger partial charge in [0.25, 0.3) is 15.7 Å². The summed E-state index contributed by atoms with van der Waals surface area (Å²) in [5.41, 5.74) is 5.41. The summed E-state index contributed by atoms with van der Waals surface area (Å²) in [4.78, 5) is 20.3. The quantitative estimate of drug-likeness (QED) is 0.116. The van der Waals surface area contributed by atoms with Crippen molar-refractivity contribution in [2.75, 3.05) is 23.7 Å². The molecule has 11 nitrogen and oxygen atoms in total. The number of nitro groups is 1. The van der Waals surface area contributed by atoms with Crippen molar-refractivity contribution < 1.29 is 13.3 Å². The fourth-order valence-corrected chi connectivity index (χ4v) is 9.65. The van der Waals surface area contributed by atoms with Crippen molar-refractivity contribution in [3.05, 3.63) is 82.4 Å². The van der Waals surface area contributed by atoms with E-state index in [1.54, 1.807) is 12.1 Å². The molecule has 2 saturated carbocycles. The Morgan fingerprint density at radius 2 is 1.25 bits per heavy atom. The highest BCUT2D eigenvalue weighted by Crippen LogP contribution is 2.35. The Kier molecular flexibility index (Phi) is 12.2. The minimum Gasteiger partial charge on any atom is -0.388 e. The molecule has 0 unspecified atom stereocenters. The van der Waals surface area contributed by atoms with E-state index in [-0.39, 0.29) is 21.4 Å². The third kappa shape index (κ3) is 9.06. The second-order valence-corrected chi connectivity index (χ2v) is 19.9. The average molecular weight is 784 g/mol. The third-order valence-corrected chi connectivity index (χ3v) is 13.3. The predicted molar refractivity (Wildman–Crippen MR) is 228 cm³/mol. The highest BCUT2D eigenvalue weighted by molar-refractivity contribution is 7.92. The molecular weight excluding hydrogens is 723 g/mol. The Morgan fingerprint density at radius 3 is 1.73 bits per heavy atom. The Balaban J connectivity index is 0.000000208. The van der Waals surface area contributed by atoms with Gasteiger partial charge in [-0.15, -0.1) is 0 Å². The molecule has 1 N–H and O–H groups in total. The van der Waals surface area contributed by atoms with Crippen molar-refractivity contribution in [3.63, 3.8) is 0 Å². The molecule has 2 aliphatic rings. The average Bonchev–Trinajstić information content (AvgIpc) is 3.73. The van der Waals surface area contributed by atoms with E-state index in [0.29, 0.717) is 11.6 Å². The number of fused-ring (bicyclic) bond motifs is 2. The maximum atomic E-state index is 13.2. The van der Waals surface area contributed by atoms with E-state index in [1.807, 2.05) is 13.1 Å². The zero-order valence-corrected chi connectivity index (χ0v) is 35.5. The summed E-state index contributed by atoms with van der Waals surface area (Å²) >= 11 is 0. The highest BCUT2D eigenvalue weighted by atomic mass is 32.2. The molecule has 2 heterocycles. The summed E-state index contributed by atoms with van der Waals surface area (Å²) < 4.78 is 32.4. The number of anilines is 2. The van der Waals surface area contributed by atoms with Crippen LogP contribution in [0.5, 0.6) is 0 Å². The molecule has 56 heavy (non-hydrogen) atoms. The van der Waals surface area contributed by atoms with Gasteiger partial charge >= 0.3 is 0 Å². The predicted octanol–water partition coefficient (Wildman–Crippen LogP) is 10.6. The van der Waals surface area contributed by atoms with Gasteiger partial charge in [0.15, 0.2) is 0 Å². The largest absolute Gasteiger partial charge is 0.388 e. The standard InChI is InChI=1S/C25H32N4O4S.C19H29N3/c1-25(2,3)24-26-22-16-19(13-14-23(22)28(24)17-18-9-6-5-7-10-18)27(4)34(32,33)21-12-8-11-20(15-21)29(30)31;1-19(2,3)18-21-16-12-15(20-4)10-11-17(16)22(18)13-14-8-6-5-7-9-14/h8,11-16,18H,5-7,9-10,17H2,1-4H3;10-12,14,20H,5-9,13H2,1-4H3. The number of nitro benzene ring substituents is 1. The molecule has 5 aromatic rings. The summed E-state index contributed by atoms with van der Waals surface area (Å²) in [6, 6.07) is 17.2. The zero-order valence-electron chi connectivity index (χ0n) is 34.6. The maximum Gasteiger partial charge on any atom is 0.270 e. The van der Waals surface area contributed by atoms with E-state index in [2.05, 4.69) is 74.2 Å². The van der Waals surface area contributed by atoms with Crippen LogP contribution in [0.1, 0.15) is 117 Å². The van der Waals surface area contributed by atoms with Gasteiger partial charge in [0.2, 0.25) is 0 Å². The molecule has 3 aromatic carbocycles. The molecule has 302 valence electrons. The first kappa shape index (κ1) is 41.2. The first-order chi connectivity index (χ1) is 26.5. The van der Waals surface area contributed by atoms with Crippen LogP contribution in [0.2, 0.25) is 0 Å². The first-order valence-electron chi connectivity index (χ1n) is 20.4. The fourth-order valence-electron chi connectivity index (χ4n) is 8.42. The van der Waals surface area contributed by atoms with Gasteiger partial charge in [0.05, 0.1) is 37.6 Å². The molecule has 7 rings (SSSR count). The topological polar surface area (TPSA) is 128 Å². The van der Waals surface area contributed by atoms with Crippen molar-refractivity contribution in [2.24, 2.45) is 11.8 Å². The zero-order chi connectivity index (χ0) is 40.4. The molecule has 0 spiro atoms. The van der Waals surface area contributed by atoms with Gasteiger partial charge in [-0.3, -0.25) is 14.4 Å². The van der Waals surface area contributed by atoms with E-state index in [1.165, 1.54) is 101 Å². The number of hydrogen-bond donors (Lipinski definition) is 1. The molecule has 2 fully saturated rings. The van der Waals surface area contributed by atoms with Crippen LogP contribution in [0.3, 0.4) is 0 Å². The van der Waals surface area contributed by atoms with Gasteiger partial charge in [-0.05, 0) is 80.0 Å². The molecule has 0 atom stereocenters. The molecule has 0 radical (unpaired) electrons. The van der Waals surface area contributed by atoms with Gasteiger partial charge in [-0.2, -0.15) is 0 Å². The SMILES string of the molecule is CN(c1ccc2c(c1)nc(C(C)(C)C)n2CC1CCCCC1)S(=O)(=O)c1cccc([N+](=O)[O-])c1.CNc1ccc2c(c1)nc(C(C)(C)C)n2CC1CCCCC1. The lowest BCUT2D eigenvalue weighted by atomic mass is 9.88. The van der Waals surface area contributed by atoms with Crippen LogP contribution in [-0.4, -0.2) is 46.5 Å². The lowest BCUT2D eigenvalue weighted by Gasteiger charge is -2.26. The van der Waals surface area contributed by atoms with E-state index in [0.717, 1.165) is 57.4 Å². The highest BCUT2D eigenvalue weighted by Gasteiger charge is 2.29. The van der Waals surface area contributed by atoms with Gasteiger partial charge in [0, 0.05) is 55.8 Å². The molecule has 0 saturated heterocycles. The number of rotatable bonds is 9. The summed E-state index contributed by atoms with van der Waals surface area (Å²) in [5.74, 6) is 3.66. The smallest absolute Gasteiger partial charge is 0.270 e. The third-order valence-electron chi connectivity index (χ3n) is 11.5. The number of nitrogens with one attached hydrogen (secondary N) is 1. The second-order valence-electron chi connectivity index (χ2n) is 18.0. The van der Waals surface area contributed by atoms with Crippen LogP contribution in [0.4, 0.5) is 17.1 Å². The molecule has 12 heteroatoms. The van der Waals surface area contributed by atoms with Gasteiger partial charge < -0.3 is 14.5 Å². The summed E-state index contributed by atoms with van der Waals surface area (Å²) in [6.45, 7) is 15.3. The summed E-state index contributed by atoms with van der Waals surface area (Å²) in [5, 5.41) is 14.3. The van der Waals surface area contributed by atoms with Crippen LogP contribution in [-0.2, 0) is 33.9 Å². The van der Waals surface area contributed by atoms with Crippen molar-refractivity contribution in [3.8, 4) is 0 Å². The number of imidazole rings is 2. The Labute approximate surface area is 333 Å². The lowest BCUT2D eigenvalue weighted by molar-refractivity contribution is -0.385. The molecule has 0 amide bonds. The van der Waals surface area contributed by atoms with Crippen LogP contribution in [0.15, 0.2) is 65.6 Å². The number of hydrogen-bond acceptors (Lipinski definition) is 7. The second kappa shape index (κ2) is 16.6. The molecule has 0 bridgehead atoms. The molecule has 2 aromatic heterocycles. The number of aromatic nitrogens is 4. The minimum atomic E-state index is -3.98. The van der Waals surface area contributed by atoms with Crippen LogP contribution in [0.25, 0.3) is 22.1 Å². The number of nitrogens with zero attached hydrogens (tertiary/aromatic N) is 6. The van der Waals surface area contributed by atoms with Crippen molar-refractivity contribution >= 4 is 49.2 Å². The molecular formula is C44H61N7O4S.